The zero-order chi connectivity index (χ0) is 24.7. The van der Waals surface area contributed by atoms with Gasteiger partial charge in [0.25, 0.3) is 5.91 Å². The molecule has 0 aliphatic carbocycles. The second kappa shape index (κ2) is 8.99. The van der Waals surface area contributed by atoms with Crippen molar-refractivity contribution in [2.24, 2.45) is 0 Å². The number of aryl methyl sites for hydroxylation is 1. The summed E-state index contributed by atoms with van der Waals surface area (Å²) in [5, 5.41) is 20.8. The second-order valence-electron chi connectivity index (χ2n) is 8.85. The monoisotopic (exact) mass is 474 g/mol. The van der Waals surface area contributed by atoms with Crippen LogP contribution < -0.4 is 5.32 Å². The minimum Gasteiger partial charge on any atom is -0.508 e. The molecule has 180 valence electrons. The van der Waals surface area contributed by atoms with Crippen LogP contribution in [0, 0.1) is 5.82 Å². The van der Waals surface area contributed by atoms with Gasteiger partial charge in [-0.3, -0.25) is 9.89 Å². The van der Waals surface area contributed by atoms with E-state index in [1.54, 1.807) is 49.5 Å². The molecule has 3 heterocycles. The third-order valence-corrected chi connectivity index (χ3v) is 6.44. The Hall–Kier alpha value is -3.98. The number of halogens is 1. The zero-order valence-electron chi connectivity index (χ0n) is 19.9. The van der Waals surface area contributed by atoms with Crippen LogP contribution in [0.15, 0.2) is 42.1 Å². The molecule has 9 heteroatoms. The number of aromatic nitrogens is 4. The molecular weight excluding hydrogens is 447 g/mol. The Labute approximate surface area is 201 Å². The number of hydrogen-bond acceptors (Lipinski definition) is 5. The number of aromatic amines is 2. The molecule has 0 atom stereocenters. The quantitative estimate of drug-likeness (QED) is 0.351. The van der Waals surface area contributed by atoms with Gasteiger partial charge in [-0.25, -0.2) is 9.37 Å². The lowest BCUT2D eigenvalue weighted by atomic mass is 9.96. The Bertz CT molecular complexity index is 1470. The van der Waals surface area contributed by atoms with Gasteiger partial charge >= 0.3 is 0 Å². The van der Waals surface area contributed by atoms with Gasteiger partial charge in [0, 0.05) is 37.2 Å². The topological polar surface area (TPSA) is 110 Å². The molecule has 35 heavy (non-hydrogen) atoms. The Morgan fingerprint density at radius 1 is 1.20 bits per heavy atom. The smallest absolute Gasteiger partial charge is 0.250 e. The number of likely N-dealkylation sites (N-methyl/N-ethyl adjacent to an activating group) is 1. The van der Waals surface area contributed by atoms with Gasteiger partial charge < -0.3 is 20.3 Å². The molecule has 1 aliphatic rings. The van der Waals surface area contributed by atoms with Crippen LogP contribution in [0.2, 0.25) is 0 Å². The summed E-state index contributed by atoms with van der Waals surface area (Å²) in [5.41, 5.74) is 5.21. The Balaban J connectivity index is 1.55. The number of rotatable bonds is 5. The van der Waals surface area contributed by atoms with E-state index in [4.69, 9.17) is 0 Å². The molecule has 1 amide bonds. The summed E-state index contributed by atoms with van der Waals surface area (Å²) in [7, 11) is 3.47. The fourth-order valence-corrected chi connectivity index (χ4v) is 4.63. The number of benzene rings is 2. The first-order valence-electron chi connectivity index (χ1n) is 11.6. The highest BCUT2D eigenvalue weighted by Crippen LogP contribution is 2.35. The average Bonchev–Trinajstić information content (AvgIpc) is 3.51. The summed E-state index contributed by atoms with van der Waals surface area (Å²) in [6.07, 6.45) is 3.07. The van der Waals surface area contributed by atoms with Crippen LogP contribution in [0.3, 0.4) is 0 Å². The van der Waals surface area contributed by atoms with Gasteiger partial charge in [-0.1, -0.05) is 19.1 Å². The highest BCUT2D eigenvalue weighted by Gasteiger charge is 2.24. The summed E-state index contributed by atoms with van der Waals surface area (Å²) in [6.45, 7) is 3.23. The van der Waals surface area contributed by atoms with Gasteiger partial charge in [-0.2, -0.15) is 5.10 Å². The van der Waals surface area contributed by atoms with Crippen molar-refractivity contribution in [2.75, 3.05) is 27.2 Å². The van der Waals surface area contributed by atoms with E-state index in [0.29, 0.717) is 47.4 Å². The number of nitrogens with one attached hydrogen (secondary N) is 3. The molecule has 1 aliphatic heterocycles. The van der Waals surface area contributed by atoms with Crippen LogP contribution in [-0.2, 0) is 11.2 Å². The van der Waals surface area contributed by atoms with Crippen molar-refractivity contribution in [3.05, 3.63) is 59.2 Å². The van der Waals surface area contributed by atoms with Crippen molar-refractivity contribution in [3.8, 4) is 28.4 Å². The first-order chi connectivity index (χ1) is 16.9. The van der Waals surface area contributed by atoms with E-state index in [1.807, 2.05) is 13.0 Å². The number of imidazole rings is 1. The molecule has 0 spiro atoms. The van der Waals surface area contributed by atoms with E-state index in [2.05, 4.69) is 25.5 Å². The maximum atomic E-state index is 15.6. The van der Waals surface area contributed by atoms with Crippen molar-refractivity contribution < 1.29 is 14.3 Å². The van der Waals surface area contributed by atoms with E-state index in [9.17, 15) is 9.90 Å². The summed E-state index contributed by atoms with van der Waals surface area (Å²) < 4.78 is 15.6. The molecule has 0 radical (unpaired) electrons. The number of nitrogens with zero attached hydrogens (tertiary/aromatic N) is 3. The number of aromatic hydroxyl groups is 1. The van der Waals surface area contributed by atoms with E-state index in [1.165, 1.54) is 0 Å². The molecule has 5 rings (SSSR count). The second-order valence-corrected chi connectivity index (χ2v) is 8.85. The van der Waals surface area contributed by atoms with E-state index < -0.39 is 5.82 Å². The first kappa shape index (κ1) is 22.8. The van der Waals surface area contributed by atoms with Gasteiger partial charge in [0.1, 0.15) is 17.0 Å². The van der Waals surface area contributed by atoms with E-state index in [-0.39, 0.29) is 17.2 Å². The molecule has 2 aromatic carbocycles. The molecule has 0 saturated heterocycles. The number of carbonyl (C=O) groups excluding carboxylic acids is 1. The minimum absolute atomic E-state index is 0.0365. The zero-order valence-corrected chi connectivity index (χ0v) is 19.9. The van der Waals surface area contributed by atoms with Gasteiger partial charge in [0.05, 0.1) is 11.9 Å². The molecule has 0 fully saturated rings. The highest BCUT2D eigenvalue weighted by molar-refractivity contribution is 6.01. The number of phenolic OH excluding ortho intramolecular Hbond substituents is 1. The third-order valence-electron chi connectivity index (χ3n) is 6.44. The lowest BCUT2D eigenvalue weighted by molar-refractivity contribution is -0.124. The van der Waals surface area contributed by atoms with E-state index in [0.717, 1.165) is 28.9 Å². The van der Waals surface area contributed by atoms with Crippen molar-refractivity contribution in [1.82, 2.24) is 30.4 Å². The number of carbonyl (C=O) groups is 1. The molecular formula is C26H27FN6O2. The van der Waals surface area contributed by atoms with Gasteiger partial charge in [-0.15, -0.1) is 0 Å². The summed E-state index contributed by atoms with van der Waals surface area (Å²) in [5.74, 6) is 0.209. The predicted octanol–water partition coefficient (Wildman–Crippen LogP) is 3.86. The lowest BCUT2D eigenvalue weighted by Gasteiger charge is -2.22. The number of phenols is 1. The molecule has 2 aromatic heterocycles. The fourth-order valence-electron chi connectivity index (χ4n) is 4.63. The predicted molar refractivity (Wildman–Crippen MR) is 133 cm³/mol. The maximum absolute atomic E-state index is 15.6. The normalized spacial score (nSPS) is 14.1. The minimum atomic E-state index is -0.433. The van der Waals surface area contributed by atoms with Crippen LogP contribution in [0.4, 0.5) is 4.39 Å². The molecule has 4 N–H and O–H groups in total. The number of fused-ring (bicyclic) bond motifs is 1. The molecule has 4 aromatic rings. The highest BCUT2D eigenvalue weighted by atomic mass is 19.1. The fraction of sp³-hybridized carbons (Fsp3) is 0.269. The maximum Gasteiger partial charge on any atom is 0.250 e. The summed E-state index contributed by atoms with van der Waals surface area (Å²) >= 11 is 0. The molecule has 0 unspecified atom stereocenters. The Kier molecular flexibility index (Phi) is 5.86. The van der Waals surface area contributed by atoms with Crippen LogP contribution >= 0.6 is 0 Å². The van der Waals surface area contributed by atoms with Crippen molar-refractivity contribution in [3.63, 3.8) is 0 Å². The van der Waals surface area contributed by atoms with Crippen LogP contribution in [0.5, 0.6) is 5.75 Å². The third kappa shape index (κ3) is 3.97. The lowest BCUT2D eigenvalue weighted by Crippen LogP contribution is -2.34. The summed E-state index contributed by atoms with van der Waals surface area (Å²) in [6, 6.07) is 8.50. The largest absolute Gasteiger partial charge is 0.508 e. The van der Waals surface area contributed by atoms with Gasteiger partial charge in [0.15, 0.2) is 11.6 Å². The Morgan fingerprint density at radius 3 is 2.77 bits per heavy atom. The molecule has 0 saturated carbocycles. The average molecular weight is 475 g/mol. The molecule has 0 bridgehead atoms. The first-order valence-corrected chi connectivity index (χ1v) is 11.6. The van der Waals surface area contributed by atoms with Gasteiger partial charge in [-0.05, 0) is 54.3 Å². The van der Waals surface area contributed by atoms with Crippen LogP contribution in [0.1, 0.15) is 24.6 Å². The number of H-pyrrole nitrogens is 2. The van der Waals surface area contributed by atoms with Crippen LogP contribution in [-0.4, -0.2) is 63.3 Å². The van der Waals surface area contributed by atoms with E-state index >= 15 is 4.39 Å². The SMILES string of the molecule is CCc1cc(O)ccc1-c1ccc2c(-c3ncc(C4=C(C(=O)N(C)C)CNCC4)[nH]3)[nH]nc2c1F. The standard InChI is InChI=1S/C26H27FN6O2/c1-4-14-11-15(34)5-6-16(14)18-7-8-19-23(22(18)27)31-32-24(19)25-29-13-21(30-25)17-9-10-28-12-20(17)26(35)33(2)3/h5-8,11,13,28,34H,4,9-10,12H2,1-3H3,(H,29,30)(H,31,32). The molecule has 8 nitrogen and oxygen atoms in total. The van der Waals surface area contributed by atoms with Crippen LogP contribution in [0.25, 0.3) is 39.1 Å². The number of hydrogen-bond donors (Lipinski definition) is 4. The van der Waals surface area contributed by atoms with Crippen molar-refractivity contribution >= 4 is 22.4 Å². The number of amides is 1. The van der Waals surface area contributed by atoms with Crippen molar-refractivity contribution in [2.45, 2.75) is 19.8 Å². The van der Waals surface area contributed by atoms with Gasteiger partial charge in [0.2, 0.25) is 0 Å². The Morgan fingerprint density at radius 2 is 2.00 bits per heavy atom. The van der Waals surface area contributed by atoms with Crippen molar-refractivity contribution in [1.29, 1.82) is 0 Å². The summed E-state index contributed by atoms with van der Waals surface area (Å²) in [4.78, 5) is 22.1.